The number of para-hydroxylation sites is 1. The maximum absolute atomic E-state index is 13.0. The summed E-state index contributed by atoms with van der Waals surface area (Å²) in [5.41, 5.74) is 3.94. The molecular weight excluding hydrogens is 400 g/mol. The van der Waals surface area contributed by atoms with Gasteiger partial charge in [0.25, 0.3) is 0 Å². The van der Waals surface area contributed by atoms with Gasteiger partial charge in [-0.05, 0) is 36.1 Å². The molecule has 1 aromatic carbocycles. The molecule has 1 fully saturated rings. The van der Waals surface area contributed by atoms with Crippen LogP contribution in [0.15, 0.2) is 61.1 Å². The van der Waals surface area contributed by atoms with Crippen molar-refractivity contribution in [1.82, 2.24) is 25.3 Å². The summed E-state index contributed by atoms with van der Waals surface area (Å²) < 4.78 is 0. The van der Waals surface area contributed by atoms with Crippen molar-refractivity contribution in [3.05, 3.63) is 83.7 Å². The smallest absolute Gasteiger partial charge is 0.225 e. The van der Waals surface area contributed by atoms with Crippen molar-refractivity contribution in [3.63, 3.8) is 0 Å². The number of H-pyrrole nitrogens is 1. The van der Waals surface area contributed by atoms with Gasteiger partial charge in [0.15, 0.2) is 0 Å². The standard InChI is InChI=1S/C25H26N6O/c1-26-23-13-22(30-25(31-23)17-8-9-17)21(29-24(32)11-16-5-4-10-27-14-16)12-18-15-28-20-7-3-2-6-19(18)20/h2-7,10,13-15,17,21,28H,8-9,11-12H2,1H3,(H,29,32)(H,26,30,31). The predicted octanol–water partition coefficient (Wildman–Crippen LogP) is 3.91. The number of rotatable bonds is 8. The number of carbonyl (C=O) groups excluding carboxylic acids is 1. The van der Waals surface area contributed by atoms with Gasteiger partial charge in [-0.25, -0.2) is 9.97 Å². The molecule has 1 aliphatic rings. The fourth-order valence-corrected chi connectivity index (χ4v) is 4.00. The van der Waals surface area contributed by atoms with E-state index in [4.69, 9.17) is 4.98 Å². The van der Waals surface area contributed by atoms with Gasteiger partial charge in [-0.1, -0.05) is 24.3 Å². The third kappa shape index (κ3) is 4.46. The summed E-state index contributed by atoms with van der Waals surface area (Å²) in [6, 6.07) is 13.6. The molecule has 0 spiro atoms. The number of amides is 1. The van der Waals surface area contributed by atoms with Gasteiger partial charge >= 0.3 is 0 Å². The molecule has 3 heterocycles. The lowest BCUT2D eigenvalue weighted by Crippen LogP contribution is -2.32. The number of fused-ring (bicyclic) bond motifs is 1. The number of hydrogen-bond acceptors (Lipinski definition) is 5. The lowest BCUT2D eigenvalue weighted by molar-refractivity contribution is -0.121. The summed E-state index contributed by atoms with van der Waals surface area (Å²) in [5, 5.41) is 7.53. The number of aromatic nitrogens is 4. The lowest BCUT2D eigenvalue weighted by atomic mass is 10.0. The molecule has 4 aromatic rings. The van der Waals surface area contributed by atoms with Crippen LogP contribution in [0.25, 0.3) is 10.9 Å². The first kappa shape index (κ1) is 20.2. The number of nitrogens with one attached hydrogen (secondary N) is 3. The maximum atomic E-state index is 13.0. The molecule has 1 amide bonds. The minimum Gasteiger partial charge on any atom is -0.373 e. The van der Waals surface area contributed by atoms with Gasteiger partial charge in [-0.3, -0.25) is 9.78 Å². The molecule has 162 valence electrons. The predicted molar refractivity (Wildman–Crippen MR) is 124 cm³/mol. The average Bonchev–Trinajstić information content (AvgIpc) is 3.60. The van der Waals surface area contributed by atoms with Gasteiger partial charge in [0.05, 0.1) is 18.2 Å². The number of nitrogens with zero attached hydrogens (tertiary/aromatic N) is 3. The molecule has 3 N–H and O–H groups in total. The minimum absolute atomic E-state index is 0.0552. The largest absolute Gasteiger partial charge is 0.373 e. The van der Waals surface area contributed by atoms with Crippen LogP contribution < -0.4 is 10.6 Å². The van der Waals surface area contributed by atoms with Crippen LogP contribution in [0.3, 0.4) is 0 Å². The molecule has 0 bridgehead atoms. The van der Waals surface area contributed by atoms with E-state index in [1.165, 1.54) is 0 Å². The van der Waals surface area contributed by atoms with Gasteiger partial charge in [0, 0.05) is 54.9 Å². The van der Waals surface area contributed by atoms with Crippen LogP contribution >= 0.6 is 0 Å². The Hall–Kier alpha value is -3.74. The monoisotopic (exact) mass is 426 g/mol. The Morgan fingerprint density at radius 2 is 2.06 bits per heavy atom. The Kier molecular flexibility index (Phi) is 5.54. The zero-order valence-corrected chi connectivity index (χ0v) is 18.0. The molecule has 5 rings (SSSR count). The van der Waals surface area contributed by atoms with Crippen LogP contribution in [0.5, 0.6) is 0 Å². The summed E-state index contributed by atoms with van der Waals surface area (Å²) in [5.74, 6) is 2.00. The molecule has 7 nitrogen and oxygen atoms in total. The third-order valence-electron chi connectivity index (χ3n) is 5.84. The molecule has 0 aliphatic heterocycles. The first-order valence-corrected chi connectivity index (χ1v) is 11.0. The van der Waals surface area contributed by atoms with E-state index < -0.39 is 0 Å². The summed E-state index contributed by atoms with van der Waals surface area (Å²) in [4.78, 5) is 29.9. The number of anilines is 1. The highest BCUT2D eigenvalue weighted by molar-refractivity contribution is 5.83. The van der Waals surface area contributed by atoms with Gasteiger partial charge in [0.2, 0.25) is 5.91 Å². The zero-order valence-electron chi connectivity index (χ0n) is 18.0. The van der Waals surface area contributed by atoms with E-state index in [-0.39, 0.29) is 18.4 Å². The normalized spacial score (nSPS) is 14.3. The van der Waals surface area contributed by atoms with Gasteiger partial charge in [0.1, 0.15) is 11.6 Å². The molecule has 1 aliphatic carbocycles. The van der Waals surface area contributed by atoms with Crippen molar-refractivity contribution in [3.8, 4) is 0 Å². The van der Waals surface area contributed by atoms with Gasteiger partial charge < -0.3 is 15.6 Å². The molecular formula is C25H26N6O. The molecule has 1 unspecified atom stereocenters. The van der Waals surface area contributed by atoms with Crippen LogP contribution in [-0.4, -0.2) is 32.9 Å². The number of carbonyl (C=O) groups is 1. The molecule has 0 radical (unpaired) electrons. The van der Waals surface area contributed by atoms with Crippen molar-refractivity contribution in [2.45, 2.75) is 37.6 Å². The number of hydrogen-bond donors (Lipinski definition) is 3. The molecule has 1 atom stereocenters. The van der Waals surface area contributed by atoms with Crippen LogP contribution in [0.2, 0.25) is 0 Å². The van der Waals surface area contributed by atoms with Crippen LogP contribution in [0.4, 0.5) is 5.82 Å². The quantitative estimate of drug-likeness (QED) is 0.397. The van der Waals surface area contributed by atoms with Crippen molar-refractivity contribution < 1.29 is 4.79 Å². The van der Waals surface area contributed by atoms with Crippen LogP contribution in [0.1, 0.15) is 47.4 Å². The summed E-state index contributed by atoms with van der Waals surface area (Å²) in [6.45, 7) is 0. The van der Waals surface area contributed by atoms with E-state index in [1.807, 2.05) is 43.6 Å². The van der Waals surface area contributed by atoms with Crippen LogP contribution in [-0.2, 0) is 17.6 Å². The van der Waals surface area contributed by atoms with E-state index in [1.54, 1.807) is 12.4 Å². The molecule has 32 heavy (non-hydrogen) atoms. The minimum atomic E-state index is -0.272. The van der Waals surface area contributed by atoms with E-state index in [2.05, 4.69) is 37.7 Å². The van der Waals surface area contributed by atoms with Gasteiger partial charge in [-0.2, -0.15) is 0 Å². The first-order chi connectivity index (χ1) is 15.7. The van der Waals surface area contributed by atoms with Crippen molar-refractivity contribution in [2.75, 3.05) is 12.4 Å². The lowest BCUT2D eigenvalue weighted by Gasteiger charge is -2.20. The summed E-state index contributed by atoms with van der Waals surface area (Å²) in [6.07, 6.45) is 8.60. The number of benzene rings is 1. The maximum Gasteiger partial charge on any atom is 0.225 e. The fourth-order valence-electron chi connectivity index (χ4n) is 4.00. The SMILES string of the molecule is CNc1cc(C(Cc2c[nH]c3ccccc23)NC(=O)Cc2cccnc2)nc(C2CC2)n1. The highest BCUT2D eigenvalue weighted by Crippen LogP contribution is 2.39. The zero-order chi connectivity index (χ0) is 21.9. The van der Waals surface area contributed by atoms with Crippen LogP contribution in [0, 0.1) is 0 Å². The highest BCUT2D eigenvalue weighted by Gasteiger charge is 2.29. The average molecular weight is 427 g/mol. The Morgan fingerprint density at radius 1 is 1.19 bits per heavy atom. The van der Waals surface area contributed by atoms with Crippen molar-refractivity contribution >= 4 is 22.6 Å². The number of pyridine rings is 1. The van der Waals surface area contributed by atoms with Gasteiger partial charge in [-0.15, -0.1) is 0 Å². The first-order valence-electron chi connectivity index (χ1n) is 11.0. The second-order valence-corrected chi connectivity index (χ2v) is 8.28. The molecule has 1 saturated carbocycles. The molecule has 0 saturated heterocycles. The molecule has 3 aromatic heterocycles. The Bertz CT molecular complexity index is 1230. The Morgan fingerprint density at radius 3 is 2.84 bits per heavy atom. The van der Waals surface area contributed by atoms with E-state index >= 15 is 0 Å². The third-order valence-corrected chi connectivity index (χ3v) is 5.84. The van der Waals surface area contributed by atoms with E-state index in [9.17, 15) is 4.79 Å². The van der Waals surface area contributed by atoms with E-state index in [0.717, 1.165) is 52.2 Å². The highest BCUT2D eigenvalue weighted by atomic mass is 16.1. The number of aromatic amines is 1. The summed E-state index contributed by atoms with van der Waals surface area (Å²) in [7, 11) is 1.86. The Labute approximate surface area is 186 Å². The summed E-state index contributed by atoms with van der Waals surface area (Å²) >= 11 is 0. The fraction of sp³-hybridized carbons (Fsp3) is 0.280. The van der Waals surface area contributed by atoms with E-state index in [0.29, 0.717) is 12.3 Å². The van der Waals surface area contributed by atoms with Crippen molar-refractivity contribution in [1.29, 1.82) is 0 Å². The second-order valence-electron chi connectivity index (χ2n) is 8.28. The Balaban J connectivity index is 1.47. The van der Waals surface area contributed by atoms with Crippen molar-refractivity contribution in [2.24, 2.45) is 0 Å². The second kappa shape index (κ2) is 8.78. The topological polar surface area (TPSA) is 95.6 Å². The molecule has 7 heteroatoms.